The summed E-state index contributed by atoms with van der Waals surface area (Å²) in [7, 11) is 1.59. The standard InChI is InChI=1S/C22H29F2NO3/c1-21(2)13-10-16-19(15-5-4-14(23)11-17(15)24)28-9-7-22(16,12-13)20(21)25-18(26)6-8-27-3/h4-5,11,13,16,19-20H,6-10,12H2,1-3H3,(H,25,26)/t13-,16-,19-,20-,22?/m1/s1. The first-order chi connectivity index (χ1) is 13.3. The first-order valence-electron chi connectivity index (χ1n) is 10.1. The molecule has 1 N–H and O–H groups in total. The van der Waals surface area contributed by atoms with Crippen molar-refractivity contribution in [3.05, 3.63) is 35.4 Å². The van der Waals surface area contributed by atoms with Crippen LogP contribution in [0, 0.1) is 34.3 Å². The lowest BCUT2D eigenvalue weighted by Crippen LogP contribution is -2.59. The van der Waals surface area contributed by atoms with E-state index >= 15 is 0 Å². The fourth-order valence-electron chi connectivity index (χ4n) is 6.26. The second-order valence-corrected chi connectivity index (χ2v) is 9.25. The number of methoxy groups -OCH3 is 1. The molecule has 1 aromatic carbocycles. The van der Waals surface area contributed by atoms with Crippen LogP contribution < -0.4 is 5.32 Å². The van der Waals surface area contributed by atoms with Crippen LogP contribution in [-0.4, -0.2) is 32.3 Å². The van der Waals surface area contributed by atoms with E-state index < -0.39 is 17.7 Å². The number of carbonyl (C=O) groups excluding carboxylic acids is 1. The lowest BCUT2D eigenvalue weighted by molar-refractivity contribution is -0.138. The van der Waals surface area contributed by atoms with Crippen molar-refractivity contribution in [2.24, 2.45) is 22.7 Å². The highest BCUT2D eigenvalue weighted by Gasteiger charge is 2.68. The second kappa shape index (κ2) is 7.06. The first-order valence-corrected chi connectivity index (χ1v) is 10.1. The Balaban J connectivity index is 1.65. The Labute approximate surface area is 165 Å². The van der Waals surface area contributed by atoms with E-state index in [4.69, 9.17) is 9.47 Å². The van der Waals surface area contributed by atoms with Gasteiger partial charge in [-0.2, -0.15) is 0 Å². The zero-order valence-electron chi connectivity index (χ0n) is 16.8. The maximum atomic E-state index is 14.5. The van der Waals surface area contributed by atoms with Gasteiger partial charge in [-0.1, -0.05) is 19.9 Å². The molecule has 2 aliphatic carbocycles. The van der Waals surface area contributed by atoms with Crippen LogP contribution in [0.15, 0.2) is 18.2 Å². The van der Waals surface area contributed by atoms with Crippen molar-refractivity contribution in [3.8, 4) is 0 Å². The molecule has 154 valence electrons. The molecule has 0 aromatic heterocycles. The molecule has 1 saturated heterocycles. The average Bonchev–Trinajstić information content (AvgIpc) is 3.13. The quantitative estimate of drug-likeness (QED) is 0.823. The van der Waals surface area contributed by atoms with Crippen LogP contribution in [0.2, 0.25) is 0 Å². The van der Waals surface area contributed by atoms with E-state index in [0.717, 1.165) is 25.3 Å². The summed E-state index contributed by atoms with van der Waals surface area (Å²) < 4.78 is 39.0. The highest BCUT2D eigenvalue weighted by Crippen LogP contribution is 2.70. The molecular formula is C22H29F2NO3. The number of benzene rings is 1. The summed E-state index contributed by atoms with van der Waals surface area (Å²) >= 11 is 0. The largest absolute Gasteiger partial charge is 0.384 e. The Morgan fingerprint density at radius 1 is 1.36 bits per heavy atom. The predicted octanol–water partition coefficient (Wildman–Crippen LogP) is 4.00. The van der Waals surface area contributed by atoms with Gasteiger partial charge >= 0.3 is 0 Å². The average molecular weight is 393 g/mol. The third-order valence-electron chi connectivity index (χ3n) is 7.61. The van der Waals surface area contributed by atoms with Gasteiger partial charge in [-0.15, -0.1) is 0 Å². The minimum atomic E-state index is -0.580. The van der Waals surface area contributed by atoms with Crippen molar-refractivity contribution >= 4 is 5.91 Å². The summed E-state index contributed by atoms with van der Waals surface area (Å²) in [6.45, 7) is 5.37. The number of hydrogen-bond donors (Lipinski definition) is 1. The van der Waals surface area contributed by atoms with E-state index in [1.807, 2.05) is 0 Å². The number of nitrogens with one attached hydrogen (secondary N) is 1. The Morgan fingerprint density at radius 3 is 2.86 bits per heavy atom. The van der Waals surface area contributed by atoms with Gasteiger partial charge < -0.3 is 14.8 Å². The van der Waals surface area contributed by atoms with Crippen molar-refractivity contribution in [1.82, 2.24) is 5.32 Å². The SMILES string of the molecule is COCCC(=O)N[C@@H]1C(C)(C)[C@@H]2C[C@@H]3[C@@H](c4ccc(F)cc4F)OCCC31C2. The third kappa shape index (κ3) is 2.96. The number of fused-ring (bicyclic) bond motifs is 1. The minimum Gasteiger partial charge on any atom is -0.384 e. The molecule has 0 radical (unpaired) electrons. The lowest BCUT2D eigenvalue weighted by atomic mass is 9.58. The van der Waals surface area contributed by atoms with E-state index in [2.05, 4.69) is 19.2 Å². The Morgan fingerprint density at radius 2 is 2.14 bits per heavy atom. The number of rotatable bonds is 5. The van der Waals surface area contributed by atoms with Crippen LogP contribution in [-0.2, 0) is 14.3 Å². The van der Waals surface area contributed by atoms with Gasteiger partial charge in [0.05, 0.1) is 12.7 Å². The van der Waals surface area contributed by atoms with Crippen molar-refractivity contribution in [1.29, 1.82) is 0 Å². The molecule has 1 amide bonds. The van der Waals surface area contributed by atoms with E-state index in [0.29, 0.717) is 31.1 Å². The van der Waals surface area contributed by atoms with E-state index in [1.165, 1.54) is 12.1 Å². The molecule has 4 nitrogen and oxygen atoms in total. The minimum absolute atomic E-state index is 0.00314. The number of ether oxygens (including phenoxy) is 2. The van der Waals surface area contributed by atoms with Gasteiger partial charge in [0.1, 0.15) is 11.6 Å². The van der Waals surface area contributed by atoms with Crippen molar-refractivity contribution < 1.29 is 23.0 Å². The number of hydrogen-bond acceptors (Lipinski definition) is 3. The summed E-state index contributed by atoms with van der Waals surface area (Å²) in [5, 5.41) is 3.29. The topological polar surface area (TPSA) is 47.6 Å². The fraction of sp³-hybridized carbons (Fsp3) is 0.682. The molecule has 5 atom stereocenters. The summed E-state index contributed by atoms with van der Waals surface area (Å²) in [6, 6.07) is 3.76. The number of carbonyl (C=O) groups is 1. The van der Waals surface area contributed by atoms with Gasteiger partial charge in [-0.25, -0.2) is 8.78 Å². The van der Waals surface area contributed by atoms with Gasteiger partial charge in [-0.3, -0.25) is 4.79 Å². The van der Waals surface area contributed by atoms with Crippen molar-refractivity contribution in [2.75, 3.05) is 20.3 Å². The highest BCUT2D eigenvalue weighted by atomic mass is 19.1. The smallest absolute Gasteiger partial charge is 0.222 e. The van der Waals surface area contributed by atoms with Crippen molar-refractivity contribution in [2.45, 2.75) is 51.7 Å². The normalized spacial score (nSPS) is 35.6. The van der Waals surface area contributed by atoms with Crippen LogP contribution in [0.5, 0.6) is 0 Å². The molecule has 6 heteroatoms. The van der Waals surface area contributed by atoms with Crippen molar-refractivity contribution in [3.63, 3.8) is 0 Å². The molecule has 2 saturated carbocycles. The summed E-state index contributed by atoms with van der Waals surface area (Å²) in [5.41, 5.74) is 0.295. The highest BCUT2D eigenvalue weighted by molar-refractivity contribution is 5.76. The number of amides is 1. The number of halogens is 2. The van der Waals surface area contributed by atoms with E-state index in [1.54, 1.807) is 7.11 Å². The van der Waals surface area contributed by atoms with Crippen LogP contribution in [0.25, 0.3) is 0 Å². The molecule has 4 rings (SSSR count). The molecule has 1 aliphatic heterocycles. The summed E-state index contributed by atoms with van der Waals surface area (Å²) in [6.07, 6.45) is 2.75. The zero-order valence-corrected chi connectivity index (χ0v) is 16.8. The zero-order chi connectivity index (χ0) is 20.1. The molecule has 2 bridgehead atoms. The maximum absolute atomic E-state index is 14.5. The Bertz CT molecular complexity index is 768. The van der Waals surface area contributed by atoms with E-state index in [-0.39, 0.29) is 28.7 Å². The molecule has 1 heterocycles. The lowest BCUT2D eigenvalue weighted by Gasteiger charge is -2.53. The summed E-state index contributed by atoms with van der Waals surface area (Å²) in [4.78, 5) is 12.5. The molecule has 28 heavy (non-hydrogen) atoms. The first kappa shape index (κ1) is 19.8. The molecule has 1 aromatic rings. The fourth-order valence-corrected chi connectivity index (χ4v) is 6.26. The van der Waals surface area contributed by atoms with Gasteiger partial charge in [0.25, 0.3) is 0 Å². The summed E-state index contributed by atoms with van der Waals surface area (Å²) in [5.74, 6) is -0.574. The third-order valence-corrected chi connectivity index (χ3v) is 7.61. The Kier molecular flexibility index (Phi) is 4.99. The molecule has 3 fully saturated rings. The van der Waals surface area contributed by atoms with E-state index in [9.17, 15) is 13.6 Å². The Hall–Kier alpha value is -1.53. The van der Waals surface area contributed by atoms with Crippen LogP contribution in [0.1, 0.15) is 51.2 Å². The monoisotopic (exact) mass is 393 g/mol. The molecule has 1 spiro atoms. The van der Waals surface area contributed by atoms with Gasteiger partial charge in [-0.05, 0) is 48.0 Å². The molecule has 1 unspecified atom stereocenters. The van der Waals surface area contributed by atoms with Gasteiger partial charge in [0, 0.05) is 37.8 Å². The maximum Gasteiger partial charge on any atom is 0.222 e. The van der Waals surface area contributed by atoms with Gasteiger partial charge in [0.2, 0.25) is 5.91 Å². The second-order valence-electron chi connectivity index (χ2n) is 9.25. The van der Waals surface area contributed by atoms with Gasteiger partial charge in [0.15, 0.2) is 0 Å². The predicted molar refractivity (Wildman–Crippen MR) is 101 cm³/mol. The molecule has 3 aliphatic rings. The molecular weight excluding hydrogens is 364 g/mol. The van der Waals surface area contributed by atoms with Crippen LogP contribution >= 0.6 is 0 Å². The van der Waals surface area contributed by atoms with Crippen LogP contribution in [0.3, 0.4) is 0 Å². The van der Waals surface area contributed by atoms with Crippen LogP contribution in [0.4, 0.5) is 8.78 Å².